The smallest absolute Gasteiger partial charge is 0.110 e. The second-order valence-corrected chi connectivity index (χ2v) is 9.69. The van der Waals surface area contributed by atoms with E-state index < -0.39 is 5.60 Å². The van der Waals surface area contributed by atoms with Crippen LogP contribution in [0.25, 0.3) is 0 Å². The average Bonchev–Trinajstić information content (AvgIpc) is 2.92. The highest BCUT2D eigenvalue weighted by molar-refractivity contribution is 5.96. The van der Waals surface area contributed by atoms with Crippen LogP contribution in [0.3, 0.4) is 0 Å². The van der Waals surface area contributed by atoms with E-state index in [9.17, 15) is 5.11 Å². The van der Waals surface area contributed by atoms with E-state index in [0.29, 0.717) is 23.5 Å². The summed E-state index contributed by atoms with van der Waals surface area (Å²) in [5, 5.41) is 19.4. The Morgan fingerprint density at radius 2 is 1.81 bits per heavy atom. The minimum atomic E-state index is -0.833. The van der Waals surface area contributed by atoms with Gasteiger partial charge in [0.15, 0.2) is 0 Å². The molecule has 4 rings (SSSR count). The summed E-state index contributed by atoms with van der Waals surface area (Å²) in [6, 6.07) is 0. The monoisotopic (exact) mass is 358 g/mol. The molecule has 0 amide bonds. The zero-order valence-electron chi connectivity index (χ0n) is 16.5. The van der Waals surface area contributed by atoms with Crippen molar-refractivity contribution in [2.45, 2.75) is 77.7 Å². The molecule has 0 aromatic heterocycles. The normalized spacial score (nSPS) is 50.0. The first kappa shape index (κ1) is 18.0. The van der Waals surface area contributed by atoms with Crippen molar-refractivity contribution in [3.63, 3.8) is 0 Å². The Balaban J connectivity index is 1.68. The summed E-state index contributed by atoms with van der Waals surface area (Å²) in [5.41, 5.74) is 2.67. The molecule has 0 bridgehead atoms. The van der Waals surface area contributed by atoms with Crippen LogP contribution in [-0.2, 0) is 0 Å². The number of allylic oxidation sites excluding steroid dienone is 2. The molecule has 0 aliphatic heterocycles. The maximum absolute atomic E-state index is 11.5. The number of aliphatic hydroxyl groups is 1. The summed E-state index contributed by atoms with van der Waals surface area (Å²) < 4.78 is 0. The molecule has 3 saturated carbocycles. The molecule has 0 heterocycles. The Hall–Kier alpha value is -1.36. The fourth-order valence-electron chi connectivity index (χ4n) is 7.39. The highest BCUT2D eigenvalue weighted by atomic mass is 16.3. The van der Waals surface area contributed by atoms with Gasteiger partial charge in [0.2, 0.25) is 0 Å². The predicted molar refractivity (Wildman–Crippen MR) is 106 cm³/mol. The number of nitrogens with zero attached hydrogens (tertiary/aromatic N) is 2. The number of hydrogen-bond acceptors (Lipinski definition) is 5. The molecule has 0 unspecified atom stereocenters. The van der Waals surface area contributed by atoms with E-state index in [2.05, 4.69) is 30.1 Å². The largest absolute Gasteiger partial charge is 0.383 e. The Bertz CT molecular complexity index is 698. The van der Waals surface area contributed by atoms with E-state index in [1.807, 2.05) is 6.92 Å². The van der Waals surface area contributed by atoms with Gasteiger partial charge in [0.1, 0.15) is 5.60 Å². The minimum Gasteiger partial charge on any atom is -0.383 e. The van der Waals surface area contributed by atoms with Crippen LogP contribution in [0.2, 0.25) is 0 Å². The van der Waals surface area contributed by atoms with Crippen LogP contribution in [-0.4, -0.2) is 22.1 Å². The molecule has 4 aliphatic rings. The zero-order valence-corrected chi connectivity index (χ0v) is 16.5. The number of hydrogen-bond donors (Lipinski definition) is 3. The fourth-order valence-corrected chi connectivity index (χ4v) is 7.39. The lowest BCUT2D eigenvalue weighted by Crippen LogP contribution is -2.57. The summed E-state index contributed by atoms with van der Waals surface area (Å²) in [5.74, 6) is 13.1. The minimum absolute atomic E-state index is 0.1000. The summed E-state index contributed by atoms with van der Waals surface area (Å²) in [6.07, 6.45) is 10.9. The van der Waals surface area contributed by atoms with Crippen molar-refractivity contribution in [3.05, 3.63) is 11.6 Å². The fraction of sp³-hybridized carbons (Fsp3) is 0.810. The SMILES string of the molecule is C/C(=N/N)[C@]1(O)CC[C@H]2[C@H]3CCC4=C/C(=N/N)CC[C@@]4(C)[C@@H]3CC[C@@]21C. The zero-order chi connectivity index (χ0) is 18.7. The molecule has 0 aromatic carbocycles. The van der Waals surface area contributed by atoms with Gasteiger partial charge in [0.25, 0.3) is 0 Å². The third kappa shape index (κ3) is 2.12. The molecule has 5 heteroatoms. The van der Waals surface area contributed by atoms with Gasteiger partial charge >= 0.3 is 0 Å². The second-order valence-electron chi connectivity index (χ2n) is 9.69. The molecule has 6 atom stereocenters. The van der Waals surface area contributed by atoms with Gasteiger partial charge in [0.05, 0.1) is 11.4 Å². The third-order valence-electron chi connectivity index (χ3n) is 9.09. The van der Waals surface area contributed by atoms with Crippen molar-refractivity contribution >= 4 is 11.4 Å². The Kier molecular flexibility index (Phi) is 4.03. The van der Waals surface area contributed by atoms with Crippen molar-refractivity contribution < 1.29 is 5.11 Å². The third-order valence-corrected chi connectivity index (χ3v) is 9.09. The van der Waals surface area contributed by atoms with E-state index in [4.69, 9.17) is 11.7 Å². The van der Waals surface area contributed by atoms with Crippen molar-refractivity contribution in [1.82, 2.24) is 0 Å². The van der Waals surface area contributed by atoms with Gasteiger partial charge in [0, 0.05) is 5.41 Å². The molecule has 5 nitrogen and oxygen atoms in total. The van der Waals surface area contributed by atoms with Gasteiger partial charge in [-0.25, -0.2) is 0 Å². The van der Waals surface area contributed by atoms with E-state index in [-0.39, 0.29) is 10.8 Å². The summed E-state index contributed by atoms with van der Waals surface area (Å²) in [4.78, 5) is 0. The van der Waals surface area contributed by atoms with E-state index in [1.165, 1.54) is 12.8 Å². The average molecular weight is 359 g/mol. The standard InChI is InChI=1S/C21H34N4O/c1-13(24-22)21(26)11-8-18-16-5-4-14-12-15(25-23)6-9-19(14,2)17(16)7-10-20(18,21)3/h12,16-18,26H,4-11,22-23H2,1-3H3/b24-13-,25-15+/t16-,17+,18-,19+,20-,21+/m0/s1. The van der Waals surface area contributed by atoms with Crippen LogP contribution in [0.15, 0.2) is 21.9 Å². The molecular formula is C21H34N4O. The van der Waals surface area contributed by atoms with Gasteiger partial charge in [-0.05, 0) is 87.5 Å². The number of fused-ring (bicyclic) bond motifs is 5. The van der Waals surface area contributed by atoms with Crippen LogP contribution in [0, 0.1) is 28.6 Å². The molecule has 26 heavy (non-hydrogen) atoms. The molecule has 144 valence electrons. The van der Waals surface area contributed by atoms with Gasteiger partial charge < -0.3 is 16.8 Å². The Morgan fingerprint density at radius 1 is 1.08 bits per heavy atom. The number of nitrogens with two attached hydrogens (primary N) is 2. The Morgan fingerprint density at radius 3 is 2.50 bits per heavy atom. The first-order valence-electron chi connectivity index (χ1n) is 10.3. The van der Waals surface area contributed by atoms with Gasteiger partial charge in [-0.1, -0.05) is 19.4 Å². The van der Waals surface area contributed by atoms with E-state index in [1.54, 1.807) is 5.57 Å². The van der Waals surface area contributed by atoms with Crippen LogP contribution in [0.1, 0.15) is 72.1 Å². The highest BCUT2D eigenvalue weighted by Gasteiger charge is 2.64. The molecule has 0 spiro atoms. The van der Waals surface area contributed by atoms with Crippen LogP contribution >= 0.6 is 0 Å². The lowest BCUT2D eigenvalue weighted by atomic mass is 9.46. The van der Waals surface area contributed by atoms with E-state index >= 15 is 0 Å². The van der Waals surface area contributed by atoms with Crippen molar-refractivity contribution in [1.29, 1.82) is 0 Å². The summed E-state index contributed by atoms with van der Waals surface area (Å²) in [7, 11) is 0. The van der Waals surface area contributed by atoms with Gasteiger partial charge in [-0.2, -0.15) is 10.2 Å². The maximum atomic E-state index is 11.5. The van der Waals surface area contributed by atoms with Crippen LogP contribution < -0.4 is 11.7 Å². The number of hydrazone groups is 2. The quantitative estimate of drug-likeness (QED) is 0.381. The van der Waals surface area contributed by atoms with Gasteiger partial charge in [-0.15, -0.1) is 0 Å². The molecule has 0 aromatic rings. The van der Waals surface area contributed by atoms with Crippen LogP contribution in [0.4, 0.5) is 0 Å². The van der Waals surface area contributed by atoms with Crippen LogP contribution in [0.5, 0.6) is 0 Å². The van der Waals surface area contributed by atoms with Gasteiger partial charge in [-0.3, -0.25) is 0 Å². The van der Waals surface area contributed by atoms with Crippen molar-refractivity contribution in [3.8, 4) is 0 Å². The molecule has 0 radical (unpaired) electrons. The first-order valence-corrected chi connectivity index (χ1v) is 10.3. The lowest BCUT2D eigenvalue weighted by Gasteiger charge is -2.59. The van der Waals surface area contributed by atoms with Crippen molar-refractivity contribution in [2.24, 2.45) is 50.5 Å². The molecular weight excluding hydrogens is 324 g/mol. The van der Waals surface area contributed by atoms with E-state index in [0.717, 1.165) is 44.2 Å². The molecule has 0 saturated heterocycles. The first-order chi connectivity index (χ1) is 12.3. The second kappa shape index (κ2) is 5.82. The molecule has 4 aliphatic carbocycles. The summed E-state index contributed by atoms with van der Waals surface area (Å²) >= 11 is 0. The maximum Gasteiger partial charge on any atom is 0.110 e. The Labute approximate surface area is 157 Å². The van der Waals surface area contributed by atoms with Crippen molar-refractivity contribution in [2.75, 3.05) is 0 Å². The topological polar surface area (TPSA) is 97.0 Å². The number of rotatable bonds is 1. The highest BCUT2D eigenvalue weighted by Crippen LogP contribution is 2.67. The summed E-state index contributed by atoms with van der Waals surface area (Å²) in [6.45, 7) is 6.67. The predicted octanol–water partition coefficient (Wildman–Crippen LogP) is 3.33. The molecule has 3 fully saturated rings. The molecule has 5 N–H and O–H groups in total. The lowest BCUT2D eigenvalue weighted by molar-refractivity contribution is -0.0945.